The topological polar surface area (TPSA) is 94.9 Å². The van der Waals surface area contributed by atoms with E-state index in [1.807, 2.05) is 0 Å². The molecule has 1 saturated carbocycles. The van der Waals surface area contributed by atoms with Crippen LogP contribution < -0.4 is 0 Å². The largest absolute Gasteiger partial charge is 0.480 e. The molecule has 0 spiro atoms. The fourth-order valence-corrected chi connectivity index (χ4v) is 2.56. The van der Waals surface area contributed by atoms with Crippen molar-refractivity contribution in [2.24, 2.45) is 5.92 Å². The molecule has 0 atom stereocenters. The molecule has 0 aromatic heterocycles. The molecule has 0 unspecified atom stereocenters. The summed E-state index contributed by atoms with van der Waals surface area (Å²) in [6.45, 7) is 0.284. The van der Waals surface area contributed by atoms with Crippen LogP contribution in [0.2, 0.25) is 0 Å². The van der Waals surface area contributed by atoms with E-state index >= 15 is 0 Å². The van der Waals surface area contributed by atoms with Gasteiger partial charge >= 0.3 is 5.97 Å². The van der Waals surface area contributed by atoms with E-state index in [0.29, 0.717) is 12.8 Å². The summed E-state index contributed by atoms with van der Waals surface area (Å²) < 4.78 is 23.8. The number of hydrogen-bond acceptors (Lipinski definition) is 4. The molecule has 88 valence electrons. The lowest BCUT2D eigenvalue weighted by Crippen LogP contribution is -2.41. The van der Waals surface area contributed by atoms with Gasteiger partial charge in [-0.1, -0.05) is 0 Å². The van der Waals surface area contributed by atoms with Crippen molar-refractivity contribution in [3.8, 4) is 0 Å². The van der Waals surface area contributed by atoms with Gasteiger partial charge in [0.15, 0.2) is 5.75 Å². The van der Waals surface area contributed by atoms with E-state index in [4.69, 9.17) is 10.2 Å². The van der Waals surface area contributed by atoms with Gasteiger partial charge in [-0.3, -0.25) is 4.79 Å². The molecule has 0 heterocycles. The first-order valence-electron chi connectivity index (χ1n) is 4.65. The van der Waals surface area contributed by atoms with Crippen LogP contribution in [0.4, 0.5) is 0 Å². The standard InChI is InChI=1S/C8H15NO5S/c1-9(4-6-2-7(10)3-6)15(13,14)5-8(11)12/h6-7,10H,2-5H2,1H3,(H,11,12). The molecule has 0 radical (unpaired) electrons. The monoisotopic (exact) mass is 237 g/mol. The normalized spacial score (nSPS) is 26.3. The lowest BCUT2D eigenvalue weighted by atomic mass is 9.82. The predicted molar refractivity (Wildman–Crippen MR) is 52.8 cm³/mol. The van der Waals surface area contributed by atoms with E-state index < -0.39 is 21.7 Å². The van der Waals surface area contributed by atoms with Gasteiger partial charge in [-0.05, 0) is 18.8 Å². The predicted octanol–water partition coefficient (Wildman–Crippen LogP) is -0.896. The minimum atomic E-state index is -3.70. The summed E-state index contributed by atoms with van der Waals surface area (Å²) in [5.74, 6) is -2.08. The molecule has 2 N–H and O–H groups in total. The van der Waals surface area contributed by atoms with Gasteiger partial charge in [0.2, 0.25) is 10.0 Å². The highest BCUT2D eigenvalue weighted by Crippen LogP contribution is 2.28. The summed E-state index contributed by atoms with van der Waals surface area (Å²) in [7, 11) is -2.33. The molecule has 0 amide bonds. The van der Waals surface area contributed by atoms with Crippen molar-refractivity contribution in [2.75, 3.05) is 19.3 Å². The molecular weight excluding hydrogens is 222 g/mol. The van der Waals surface area contributed by atoms with Crippen molar-refractivity contribution < 1.29 is 23.4 Å². The third-order valence-electron chi connectivity index (χ3n) is 2.51. The summed E-state index contributed by atoms with van der Waals surface area (Å²) >= 11 is 0. The Morgan fingerprint density at radius 2 is 2.00 bits per heavy atom. The average molecular weight is 237 g/mol. The van der Waals surface area contributed by atoms with Crippen LogP contribution in [0.5, 0.6) is 0 Å². The van der Waals surface area contributed by atoms with Gasteiger partial charge < -0.3 is 10.2 Å². The van der Waals surface area contributed by atoms with Crippen molar-refractivity contribution in [2.45, 2.75) is 18.9 Å². The van der Waals surface area contributed by atoms with E-state index in [9.17, 15) is 13.2 Å². The molecule has 1 fully saturated rings. The van der Waals surface area contributed by atoms with Crippen LogP contribution in [-0.2, 0) is 14.8 Å². The van der Waals surface area contributed by atoms with E-state index in [-0.39, 0.29) is 18.6 Å². The number of aliphatic hydroxyl groups is 1. The van der Waals surface area contributed by atoms with Crippen LogP contribution in [0.25, 0.3) is 0 Å². The van der Waals surface area contributed by atoms with Crippen LogP contribution in [0.15, 0.2) is 0 Å². The molecule has 0 aromatic carbocycles. The minimum Gasteiger partial charge on any atom is -0.480 e. The summed E-state index contributed by atoms with van der Waals surface area (Å²) in [5.41, 5.74) is 0. The molecular formula is C8H15NO5S. The highest BCUT2D eigenvalue weighted by molar-refractivity contribution is 7.89. The fourth-order valence-electron chi connectivity index (χ4n) is 1.59. The fraction of sp³-hybridized carbons (Fsp3) is 0.875. The number of carboxylic acid groups (broad SMARTS) is 1. The third kappa shape index (κ3) is 3.44. The minimum absolute atomic E-state index is 0.147. The molecule has 0 bridgehead atoms. The summed E-state index contributed by atoms with van der Waals surface area (Å²) in [5, 5.41) is 17.4. The smallest absolute Gasteiger partial charge is 0.320 e. The Morgan fingerprint density at radius 3 is 2.40 bits per heavy atom. The van der Waals surface area contributed by atoms with Gasteiger partial charge in [-0.25, -0.2) is 12.7 Å². The quantitative estimate of drug-likeness (QED) is 0.646. The van der Waals surface area contributed by atoms with Crippen LogP contribution >= 0.6 is 0 Å². The molecule has 0 aliphatic heterocycles. The second kappa shape index (κ2) is 4.46. The lowest BCUT2D eigenvalue weighted by molar-refractivity contribution is -0.134. The first kappa shape index (κ1) is 12.4. The highest BCUT2D eigenvalue weighted by atomic mass is 32.2. The zero-order valence-electron chi connectivity index (χ0n) is 8.46. The number of carbonyl (C=O) groups is 1. The van der Waals surface area contributed by atoms with Crippen LogP contribution in [0.1, 0.15) is 12.8 Å². The molecule has 6 nitrogen and oxygen atoms in total. The number of aliphatic carboxylic acids is 1. The average Bonchev–Trinajstić information content (AvgIpc) is 1.98. The zero-order chi connectivity index (χ0) is 11.6. The first-order chi connectivity index (χ1) is 6.81. The van der Waals surface area contributed by atoms with Gasteiger partial charge in [0.25, 0.3) is 0 Å². The van der Waals surface area contributed by atoms with Crippen molar-refractivity contribution in [3.63, 3.8) is 0 Å². The Kier molecular flexibility index (Phi) is 3.69. The number of rotatable bonds is 5. The Bertz CT molecular complexity index is 333. The van der Waals surface area contributed by atoms with Crippen molar-refractivity contribution >= 4 is 16.0 Å². The van der Waals surface area contributed by atoms with Gasteiger partial charge in [0.05, 0.1) is 6.10 Å². The lowest BCUT2D eigenvalue weighted by Gasteiger charge is -2.33. The molecule has 0 saturated heterocycles. The Hall–Kier alpha value is -0.660. The number of aliphatic hydroxyl groups excluding tert-OH is 1. The summed E-state index contributed by atoms with van der Waals surface area (Å²) in [4.78, 5) is 10.3. The molecule has 0 aromatic rings. The van der Waals surface area contributed by atoms with Crippen LogP contribution in [0, 0.1) is 5.92 Å². The van der Waals surface area contributed by atoms with E-state index in [1.165, 1.54) is 7.05 Å². The van der Waals surface area contributed by atoms with E-state index in [1.54, 1.807) is 0 Å². The molecule has 1 aliphatic rings. The maximum atomic E-state index is 11.4. The van der Waals surface area contributed by atoms with Crippen molar-refractivity contribution in [1.82, 2.24) is 4.31 Å². The maximum Gasteiger partial charge on any atom is 0.320 e. The Labute approximate surface area is 88.6 Å². The maximum absolute atomic E-state index is 11.4. The second-order valence-corrected chi connectivity index (χ2v) is 6.00. The second-order valence-electron chi connectivity index (χ2n) is 3.92. The van der Waals surface area contributed by atoms with Crippen molar-refractivity contribution in [1.29, 1.82) is 0 Å². The molecule has 1 rings (SSSR count). The van der Waals surface area contributed by atoms with Gasteiger partial charge in [-0.2, -0.15) is 0 Å². The molecule has 7 heteroatoms. The van der Waals surface area contributed by atoms with E-state index in [0.717, 1.165) is 4.31 Å². The summed E-state index contributed by atoms with van der Waals surface area (Å²) in [6.07, 6.45) is 0.852. The Morgan fingerprint density at radius 1 is 1.47 bits per heavy atom. The van der Waals surface area contributed by atoms with Gasteiger partial charge in [0.1, 0.15) is 0 Å². The molecule has 15 heavy (non-hydrogen) atoms. The number of sulfonamides is 1. The van der Waals surface area contributed by atoms with Crippen LogP contribution in [-0.4, -0.2) is 54.4 Å². The number of carboxylic acids is 1. The summed E-state index contributed by atoms with van der Waals surface area (Å²) in [6, 6.07) is 0. The highest BCUT2D eigenvalue weighted by Gasteiger charge is 2.31. The number of hydrogen-bond donors (Lipinski definition) is 2. The molecule has 1 aliphatic carbocycles. The van der Waals surface area contributed by atoms with Gasteiger partial charge in [0, 0.05) is 13.6 Å². The van der Waals surface area contributed by atoms with E-state index in [2.05, 4.69) is 0 Å². The zero-order valence-corrected chi connectivity index (χ0v) is 9.27. The number of nitrogens with zero attached hydrogens (tertiary/aromatic N) is 1. The Balaban J connectivity index is 2.45. The first-order valence-corrected chi connectivity index (χ1v) is 6.26. The van der Waals surface area contributed by atoms with Crippen molar-refractivity contribution in [3.05, 3.63) is 0 Å². The van der Waals surface area contributed by atoms with Crippen LogP contribution in [0.3, 0.4) is 0 Å². The SMILES string of the molecule is CN(CC1CC(O)C1)S(=O)(=O)CC(=O)O. The van der Waals surface area contributed by atoms with Gasteiger partial charge in [-0.15, -0.1) is 0 Å². The third-order valence-corrected chi connectivity index (χ3v) is 4.22.